The third-order valence-electron chi connectivity index (χ3n) is 4.08. The highest BCUT2D eigenvalue weighted by Crippen LogP contribution is 2.31. The number of carbonyl (C=O) groups is 2. The molecule has 3 rings (SSSR count). The fourth-order valence-corrected chi connectivity index (χ4v) is 2.87. The van der Waals surface area contributed by atoms with Crippen molar-refractivity contribution in [3.63, 3.8) is 0 Å². The summed E-state index contributed by atoms with van der Waals surface area (Å²) >= 11 is 1.58. The number of benzene rings is 2. The van der Waals surface area contributed by atoms with Gasteiger partial charge in [0.1, 0.15) is 5.69 Å². The van der Waals surface area contributed by atoms with Crippen LogP contribution in [0.3, 0.4) is 0 Å². The molecule has 1 amide bonds. The van der Waals surface area contributed by atoms with Gasteiger partial charge in [-0.2, -0.15) is 0 Å². The predicted molar refractivity (Wildman–Crippen MR) is 107 cm³/mol. The Balaban J connectivity index is 1.58. The molecule has 0 aromatic heterocycles. The second-order valence-corrected chi connectivity index (χ2v) is 7.14. The maximum absolute atomic E-state index is 12.2. The SMILES string of the molecule is CSc1ccc(NC(=O)COC(=O)c2ccc(NC3CC3)c([N+](=O)[O-])c2)cc1. The minimum Gasteiger partial charge on any atom is -0.452 e. The molecule has 2 aromatic carbocycles. The summed E-state index contributed by atoms with van der Waals surface area (Å²) in [6.07, 6.45) is 3.89. The number of nitrogens with zero attached hydrogens (tertiary/aromatic N) is 1. The highest BCUT2D eigenvalue weighted by atomic mass is 32.2. The van der Waals surface area contributed by atoms with Gasteiger partial charge in [-0.15, -0.1) is 11.8 Å². The van der Waals surface area contributed by atoms with Gasteiger partial charge in [-0.1, -0.05) is 0 Å². The molecule has 0 aliphatic heterocycles. The third kappa shape index (κ3) is 5.23. The van der Waals surface area contributed by atoms with Crippen LogP contribution in [-0.4, -0.2) is 35.7 Å². The Kier molecular flexibility index (Phi) is 6.15. The molecule has 1 aliphatic rings. The van der Waals surface area contributed by atoms with Crippen LogP contribution >= 0.6 is 11.8 Å². The summed E-state index contributed by atoms with van der Waals surface area (Å²) < 4.78 is 4.98. The lowest BCUT2D eigenvalue weighted by molar-refractivity contribution is -0.384. The van der Waals surface area contributed by atoms with E-state index < -0.39 is 23.4 Å². The number of thioether (sulfide) groups is 1. The average molecular weight is 401 g/mol. The molecule has 2 N–H and O–H groups in total. The van der Waals surface area contributed by atoms with E-state index in [-0.39, 0.29) is 17.3 Å². The zero-order valence-electron chi connectivity index (χ0n) is 15.1. The molecule has 0 spiro atoms. The first kappa shape index (κ1) is 19.7. The molecule has 1 fully saturated rings. The van der Waals surface area contributed by atoms with E-state index in [0.29, 0.717) is 11.4 Å². The molecule has 8 nitrogen and oxygen atoms in total. The van der Waals surface area contributed by atoms with Crippen LogP contribution in [0.15, 0.2) is 47.4 Å². The fraction of sp³-hybridized carbons (Fsp3) is 0.263. The van der Waals surface area contributed by atoms with Gasteiger partial charge >= 0.3 is 5.97 Å². The van der Waals surface area contributed by atoms with Crippen molar-refractivity contribution >= 4 is 40.7 Å². The number of ether oxygens (including phenoxy) is 1. The molecule has 0 heterocycles. The van der Waals surface area contributed by atoms with E-state index >= 15 is 0 Å². The van der Waals surface area contributed by atoms with E-state index in [2.05, 4.69) is 10.6 Å². The van der Waals surface area contributed by atoms with E-state index in [1.807, 2.05) is 18.4 Å². The number of nitro groups is 1. The number of hydrogen-bond acceptors (Lipinski definition) is 7. The molecule has 0 atom stereocenters. The zero-order valence-corrected chi connectivity index (χ0v) is 16.0. The molecule has 1 saturated carbocycles. The summed E-state index contributed by atoms with van der Waals surface area (Å²) in [5.41, 5.74) is 0.783. The smallest absolute Gasteiger partial charge is 0.338 e. The van der Waals surface area contributed by atoms with Crippen LogP contribution in [0.25, 0.3) is 0 Å². The molecule has 0 bridgehead atoms. The van der Waals surface area contributed by atoms with Crippen LogP contribution in [0.2, 0.25) is 0 Å². The Labute approximate surface area is 165 Å². The van der Waals surface area contributed by atoms with Gasteiger partial charge in [-0.05, 0) is 55.5 Å². The topological polar surface area (TPSA) is 111 Å². The fourth-order valence-electron chi connectivity index (χ4n) is 2.47. The summed E-state index contributed by atoms with van der Waals surface area (Å²) in [6.45, 7) is -0.487. The van der Waals surface area contributed by atoms with Crippen molar-refractivity contribution < 1.29 is 19.2 Å². The van der Waals surface area contributed by atoms with Gasteiger partial charge in [0, 0.05) is 22.7 Å². The number of nitrogens with one attached hydrogen (secondary N) is 2. The van der Waals surface area contributed by atoms with E-state index in [4.69, 9.17) is 4.74 Å². The Hall–Kier alpha value is -3.07. The normalized spacial score (nSPS) is 12.9. The second kappa shape index (κ2) is 8.75. The highest BCUT2D eigenvalue weighted by Gasteiger charge is 2.26. The third-order valence-corrected chi connectivity index (χ3v) is 4.82. The number of anilines is 2. The summed E-state index contributed by atoms with van der Waals surface area (Å²) in [6, 6.07) is 11.6. The number of rotatable bonds is 8. The van der Waals surface area contributed by atoms with Crippen molar-refractivity contribution in [1.29, 1.82) is 0 Å². The van der Waals surface area contributed by atoms with Crippen LogP contribution in [-0.2, 0) is 9.53 Å². The van der Waals surface area contributed by atoms with Gasteiger partial charge in [0.05, 0.1) is 10.5 Å². The van der Waals surface area contributed by atoms with Crippen molar-refractivity contribution in [2.24, 2.45) is 0 Å². The summed E-state index contributed by atoms with van der Waals surface area (Å²) in [4.78, 5) is 35.9. The average Bonchev–Trinajstić information content (AvgIpc) is 3.51. The first-order valence-corrected chi connectivity index (χ1v) is 9.85. The number of nitro benzene ring substituents is 1. The molecule has 0 saturated heterocycles. The van der Waals surface area contributed by atoms with Crippen LogP contribution in [0, 0.1) is 10.1 Å². The number of esters is 1. The molecule has 28 heavy (non-hydrogen) atoms. The van der Waals surface area contributed by atoms with E-state index in [9.17, 15) is 19.7 Å². The minimum absolute atomic E-state index is 0.0187. The highest BCUT2D eigenvalue weighted by molar-refractivity contribution is 7.98. The Morgan fingerprint density at radius 1 is 1.21 bits per heavy atom. The van der Waals surface area contributed by atoms with Gasteiger partial charge in [0.15, 0.2) is 6.61 Å². The van der Waals surface area contributed by atoms with Crippen LogP contribution < -0.4 is 10.6 Å². The number of carbonyl (C=O) groups excluding carboxylic acids is 2. The monoisotopic (exact) mass is 401 g/mol. The first-order valence-electron chi connectivity index (χ1n) is 8.62. The standard InChI is InChI=1S/C19H19N3O5S/c1-28-15-7-5-14(6-8-15)21-18(23)11-27-19(24)12-2-9-16(20-13-3-4-13)17(10-12)22(25)26/h2,5-10,13,20H,3-4,11H2,1H3,(H,21,23). The number of hydrogen-bond donors (Lipinski definition) is 2. The quantitative estimate of drug-likeness (QED) is 0.300. The molecule has 9 heteroatoms. The Morgan fingerprint density at radius 2 is 1.93 bits per heavy atom. The number of amides is 1. The van der Waals surface area contributed by atoms with Gasteiger partial charge in [-0.3, -0.25) is 14.9 Å². The summed E-state index contributed by atoms with van der Waals surface area (Å²) in [5, 5.41) is 16.9. The summed E-state index contributed by atoms with van der Waals surface area (Å²) in [5.74, 6) is -1.29. The molecule has 0 radical (unpaired) electrons. The van der Waals surface area contributed by atoms with Crippen LogP contribution in [0.5, 0.6) is 0 Å². The maximum Gasteiger partial charge on any atom is 0.338 e. The zero-order chi connectivity index (χ0) is 20.1. The second-order valence-electron chi connectivity index (χ2n) is 6.26. The Bertz CT molecular complexity index is 897. The van der Waals surface area contributed by atoms with E-state index in [1.54, 1.807) is 23.9 Å². The molecule has 2 aromatic rings. The van der Waals surface area contributed by atoms with Crippen LogP contribution in [0.1, 0.15) is 23.2 Å². The molecule has 1 aliphatic carbocycles. The lowest BCUT2D eigenvalue weighted by Crippen LogP contribution is -2.21. The molecule has 146 valence electrons. The van der Waals surface area contributed by atoms with Crippen molar-refractivity contribution in [1.82, 2.24) is 0 Å². The van der Waals surface area contributed by atoms with Crippen molar-refractivity contribution in [3.05, 3.63) is 58.1 Å². The lowest BCUT2D eigenvalue weighted by Gasteiger charge is -2.09. The lowest BCUT2D eigenvalue weighted by atomic mass is 10.1. The van der Waals surface area contributed by atoms with Gasteiger partial charge in [0.25, 0.3) is 11.6 Å². The largest absolute Gasteiger partial charge is 0.452 e. The van der Waals surface area contributed by atoms with Gasteiger partial charge in [0.2, 0.25) is 0 Å². The first-order chi connectivity index (χ1) is 13.5. The van der Waals surface area contributed by atoms with E-state index in [0.717, 1.165) is 23.8 Å². The van der Waals surface area contributed by atoms with E-state index in [1.165, 1.54) is 12.1 Å². The molecular formula is C19H19N3O5S. The predicted octanol–water partition coefficient (Wildman–Crippen LogP) is 3.69. The Morgan fingerprint density at radius 3 is 2.54 bits per heavy atom. The minimum atomic E-state index is -0.797. The molecular weight excluding hydrogens is 382 g/mol. The maximum atomic E-state index is 12.2. The van der Waals surface area contributed by atoms with Gasteiger partial charge < -0.3 is 15.4 Å². The van der Waals surface area contributed by atoms with Gasteiger partial charge in [-0.25, -0.2) is 4.79 Å². The van der Waals surface area contributed by atoms with Crippen LogP contribution in [0.4, 0.5) is 17.1 Å². The van der Waals surface area contributed by atoms with Crippen molar-refractivity contribution in [2.75, 3.05) is 23.5 Å². The van der Waals surface area contributed by atoms with Crippen molar-refractivity contribution in [2.45, 2.75) is 23.8 Å². The summed E-state index contributed by atoms with van der Waals surface area (Å²) in [7, 11) is 0. The molecule has 0 unspecified atom stereocenters. The van der Waals surface area contributed by atoms with Crippen molar-refractivity contribution in [3.8, 4) is 0 Å².